The van der Waals surface area contributed by atoms with Crippen LogP contribution in [-0.2, 0) is 26.1 Å². The minimum Gasteiger partial charge on any atom is -0.512 e. The van der Waals surface area contributed by atoms with Crippen molar-refractivity contribution >= 4 is 11.6 Å². The third-order valence-electron chi connectivity index (χ3n) is 0.824. The van der Waals surface area contributed by atoms with Crippen molar-refractivity contribution in [1.82, 2.24) is 0 Å². The van der Waals surface area contributed by atoms with Crippen LogP contribution in [0.4, 0.5) is 0 Å². The predicted molar refractivity (Wildman–Crippen MR) is 68.6 cm³/mol. The summed E-state index contributed by atoms with van der Waals surface area (Å²) in [5.41, 5.74) is 0. The summed E-state index contributed by atoms with van der Waals surface area (Å²) in [6, 6.07) is 0. The molecule has 0 saturated carbocycles. The van der Waals surface area contributed by atoms with Gasteiger partial charge in [-0.25, -0.2) is 0 Å². The summed E-state index contributed by atoms with van der Waals surface area (Å²) >= 11 is 0. The van der Waals surface area contributed by atoms with Gasteiger partial charge in [-0.05, 0) is 27.7 Å². The molecule has 0 atom stereocenters. The first-order valence-electron chi connectivity index (χ1n) is 4.01. The summed E-state index contributed by atoms with van der Waals surface area (Å²) < 4.78 is 0. The van der Waals surface area contributed by atoms with Gasteiger partial charge < -0.3 is 32.1 Å². The van der Waals surface area contributed by atoms with E-state index in [1.807, 2.05) is 0 Å². The number of rotatable bonds is 2. The van der Waals surface area contributed by atoms with E-state index in [0.717, 1.165) is 0 Å². The van der Waals surface area contributed by atoms with E-state index in [0.29, 0.717) is 0 Å². The SMILES string of the molecule is CC(=O)/C=C(/C)O.CC(=O)/C=C(/C)O.O.O.O.O.[Ni]. The molecule has 0 unspecified atom stereocenters. The van der Waals surface area contributed by atoms with E-state index in [1.54, 1.807) is 0 Å². The van der Waals surface area contributed by atoms with Crippen LogP contribution in [0.15, 0.2) is 23.7 Å². The quantitative estimate of drug-likeness (QED) is 0.362. The molecule has 0 aromatic heterocycles. The molecule has 10 N–H and O–H groups in total. The Morgan fingerprint density at radius 3 is 0.842 bits per heavy atom. The van der Waals surface area contributed by atoms with E-state index >= 15 is 0 Å². The molecule has 0 rings (SSSR count). The molecule has 19 heavy (non-hydrogen) atoms. The Kier molecular flexibility index (Phi) is 58.0. The molecule has 0 bridgehead atoms. The average Bonchev–Trinajstić information content (AvgIpc) is 1.79. The van der Waals surface area contributed by atoms with Gasteiger partial charge in [-0.2, -0.15) is 0 Å². The second kappa shape index (κ2) is 25.6. The molecule has 0 aliphatic rings. The first-order chi connectivity index (χ1) is 6.25. The number of hydrogen-bond donors (Lipinski definition) is 2. The van der Waals surface area contributed by atoms with Gasteiger partial charge >= 0.3 is 0 Å². The summed E-state index contributed by atoms with van der Waals surface area (Å²) in [4.78, 5) is 20.0. The number of allylic oxidation sites excluding steroid dienone is 4. The van der Waals surface area contributed by atoms with Crippen molar-refractivity contribution in [2.45, 2.75) is 27.7 Å². The molecule has 0 aliphatic carbocycles. The molecule has 0 radical (unpaired) electrons. The molecule has 0 aromatic carbocycles. The van der Waals surface area contributed by atoms with Crippen molar-refractivity contribution in [2.75, 3.05) is 0 Å². The van der Waals surface area contributed by atoms with Gasteiger partial charge in [0.25, 0.3) is 0 Å². The topological polar surface area (TPSA) is 201 Å². The standard InChI is InChI=1S/2C5H8O2.Ni.4H2O/c2*1-4(6)3-5(2)7;;;;;/h2*3,6H,1-2H3;;4*1H2/b2*4-3-;;;;;. The van der Waals surface area contributed by atoms with E-state index in [9.17, 15) is 9.59 Å². The van der Waals surface area contributed by atoms with E-state index in [-0.39, 0.29) is 61.5 Å². The first kappa shape index (κ1) is 43.1. The van der Waals surface area contributed by atoms with Crippen molar-refractivity contribution in [3.63, 3.8) is 0 Å². The molecule has 8 nitrogen and oxygen atoms in total. The first-order valence-corrected chi connectivity index (χ1v) is 4.01. The van der Waals surface area contributed by atoms with Crippen molar-refractivity contribution in [3.05, 3.63) is 23.7 Å². The normalized spacial score (nSPS) is 8.42. The van der Waals surface area contributed by atoms with Crippen LogP contribution in [-0.4, -0.2) is 43.7 Å². The van der Waals surface area contributed by atoms with Gasteiger partial charge in [-0.15, -0.1) is 0 Å². The number of aliphatic hydroxyl groups is 2. The van der Waals surface area contributed by atoms with Crippen LogP contribution < -0.4 is 0 Å². The van der Waals surface area contributed by atoms with E-state index in [4.69, 9.17) is 10.2 Å². The summed E-state index contributed by atoms with van der Waals surface area (Å²) in [7, 11) is 0. The monoisotopic (exact) mass is 330 g/mol. The van der Waals surface area contributed by atoms with Crippen LogP contribution in [0, 0.1) is 0 Å². The van der Waals surface area contributed by atoms with Crippen LogP contribution >= 0.6 is 0 Å². The fourth-order valence-electron chi connectivity index (χ4n) is 0.588. The van der Waals surface area contributed by atoms with Crippen LogP contribution in [0.1, 0.15) is 27.7 Å². The number of carbonyl (C=O) groups is 2. The fraction of sp³-hybridized carbons (Fsp3) is 0.400. The van der Waals surface area contributed by atoms with E-state index in [2.05, 4.69) is 0 Å². The second-order valence-electron chi connectivity index (χ2n) is 2.79. The Hall–Kier alpha value is -1.25. The van der Waals surface area contributed by atoms with Gasteiger partial charge in [0.15, 0.2) is 11.6 Å². The molecule has 0 spiro atoms. The predicted octanol–water partition coefficient (Wildman–Crippen LogP) is -1.23. The summed E-state index contributed by atoms with van der Waals surface area (Å²) in [5, 5.41) is 16.7. The van der Waals surface area contributed by atoms with Gasteiger partial charge in [-0.3, -0.25) is 9.59 Å². The molecule has 0 fully saturated rings. The molecule has 0 heterocycles. The largest absolute Gasteiger partial charge is 0.512 e. The minimum absolute atomic E-state index is 0. The van der Waals surface area contributed by atoms with Crippen molar-refractivity contribution in [2.24, 2.45) is 0 Å². The third kappa shape index (κ3) is 80.0. The van der Waals surface area contributed by atoms with Crippen LogP contribution in [0.5, 0.6) is 0 Å². The Morgan fingerprint density at radius 1 is 0.684 bits per heavy atom. The number of carbonyl (C=O) groups excluding carboxylic acids is 2. The molecule has 9 heteroatoms. The van der Waals surface area contributed by atoms with E-state index < -0.39 is 0 Å². The molecular weight excluding hydrogens is 307 g/mol. The summed E-state index contributed by atoms with van der Waals surface area (Å²) in [6.45, 7) is 5.70. The molecule has 0 aromatic rings. The van der Waals surface area contributed by atoms with Crippen molar-refractivity contribution in [3.8, 4) is 0 Å². The van der Waals surface area contributed by atoms with Gasteiger partial charge in [0.2, 0.25) is 0 Å². The molecule has 122 valence electrons. The van der Waals surface area contributed by atoms with Crippen molar-refractivity contribution in [1.29, 1.82) is 0 Å². The maximum atomic E-state index is 10.0. The zero-order valence-electron chi connectivity index (χ0n) is 11.2. The Labute approximate surface area is 122 Å². The van der Waals surface area contributed by atoms with E-state index in [1.165, 1.54) is 39.8 Å². The van der Waals surface area contributed by atoms with Gasteiger partial charge in [0, 0.05) is 28.6 Å². The third-order valence-corrected chi connectivity index (χ3v) is 0.824. The number of hydrogen-bond acceptors (Lipinski definition) is 4. The zero-order chi connectivity index (χ0) is 11.7. The zero-order valence-corrected chi connectivity index (χ0v) is 12.2. The maximum absolute atomic E-state index is 10.0. The van der Waals surface area contributed by atoms with Gasteiger partial charge in [-0.1, -0.05) is 0 Å². The summed E-state index contributed by atoms with van der Waals surface area (Å²) in [5.74, 6) is -0.125. The Balaban J connectivity index is -0.0000000240. The second-order valence-corrected chi connectivity index (χ2v) is 2.79. The van der Waals surface area contributed by atoms with Crippen LogP contribution in [0.3, 0.4) is 0 Å². The van der Waals surface area contributed by atoms with Crippen LogP contribution in [0.25, 0.3) is 0 Å². The molecule has 0 aliphatic heterocycles. The Morgan fingerprint density at radius 2 is 0.842 bits per heavy atom. The summed E-state index contributed by atoms with van der Waals surface area (Å²) in [6.07, 6.45) is 2.33. The van der Waals surface area contributed by atoms with Crippen molar-refractivity contribution < 1.29 is 58.2 Å². The Bertz CT molecular complexity index is 237. The maximum Gasteiger partial charge on any atom is 0.155 e. The number of ketones is 2. The average molecular weight is 331 g/mol. The minimum atomic E-state index is -0.125. The smallest absolute Gasteiger partial charge is 0.155 e. The van der Waals surface area contributed by atoms with Gasteiger partial charge in [0.1, 0.15) is 0 Å². The van der Waals surface area contributed by atoms with Gasteiger partial charge in [0.05, 0.1) is 11.5 Å². The van der Waals surface area contributed by atoms with Crippen LogP contribution in [0.2, 0.25) is 0 Å². The molecular formula is C10H24NiO8. The molecule has 0 amide bonds. The molecule has 0 saturated heterocycles. The fourth-order valence-corrected chi connectivity index (χ4v) is 0.588. The number of aliphatic hydroxyl groups excluding tert-OH is 2.